The SMILES string of the molecule is [2H]c1c([2H])c([2H])c(-c2cccc(-c3c([2H])c([2H])c([2H])c([2H])c3[2H])c2-[n+]2[c-]n3c4c5c(ccc42)c2ccccc2n5[Si](c2ccccc2)(c2ccccc2)c2ccc(Oc4ccc5c6ccccc6n(-c6cc(C(C)(C)C)ccn6)c5c4)cc2-3)c([2H])c1[2H]. The molecule has 10 aromatic carbocycles. The van der Waals surface area contributed by atoms with Gasteiger partial charge in [0.05, 0.1) is 47.1 Å². The van der Waals surface area contributed by atoms with Crippen molar-refractivity contribution in [3.8, 4) is 50.9 Å². The molecule has 0 saturated carbocycles. The zero-order valence-corrected chi connectivity index (χ0v) is 43.1. The van der Waals surface area contributed by atoms with Gasteiger partial charge < -0.3 is 8.97 Å². The molecule has 6 nitrogen and oxygen atoms in total. The van der Waals surface area contributed by atoms with Crippen molar-refractivity contribution in [2.75, 3.05) is 0 Å². The fourth-order valence-electron chi connectivity index (χ4n) is 12.0. The summed E-state index contributed by atoms with van der Waals surface area (Å²) in [6.45, 7) is 6.58. The second kappa shape index (κ2) is 17.2. The molecule has 1 aliphatic heterocycles. The first kappa shape index (κ1) is 35.6. The van der Waals surface area contributed by atoms with Gasteiger partial charge in [-0.25, -0.2) is 4.98 Å². The predicted octanol–water partition coefficient (Wildman–Crippen LogP) is 14.6. The summed E-state index contributed by atoms with van der Waals surface area (Å²) in [7, 11) is -3.60. The maximum Gasteiger partial charge on any atom is 0.269 e. The number of aromatic nitrogens is 5. The second-order valence-corrected chi connectivity index (χ2v) is 24.1. The van der Waals surface area contributed by atoms with Gasteiger partial charge in [0.1, 0.15) is 22.8 Å². The summed E-state index contributed by atoms with van der Waals surface area (Å²) in [5.41, 5.74) is 6.96. The van der Waals surface area contributed by atoms with E-state index < -0.39 is 68.7 Å². The number of benzene rings is 10. The minimum absolute atomic E-state index is 0.124. The van der Waals surface area contributed by atoms with E-state index in [1.54, 1.807) is 22.8 Å². The van der Waals surface area contributed by atoms with Crippen molar-refractivity contribution in [1.29, 1.82) is 0 Å². The summed E-state index contributed by atoms with van der Waals surface area (Å²) in [6, 6.07) is 58.2. The van der Waals surface area contributed by atoms with Crippen LogP contribution in [0.25, 0.3) is 94.1 Å². The molecule has 5 heterocycles. The third kappa shape index (κ3) is 6.80. The molecule has 0 spiro atoms. The van der Waals surface area contributed by atoms with Gasteiger partial charge in [-0.15, -0.1) is 0 Å². The van der Waals surface area contributed by atoms with Crippen molar-refractivity contribution in [2.24, 2.45) is 0 Å². The van der Waals surface area contributed by atoms with Gasteiger partial charge in [0.2, 0.25) is 0 Å². The molecule has 0 bridgehead atoms. The van der Waals surface area contributed by atoms with Crippen LogP contribution in [-0.4, -0.2) is 26.6 Å². The Bertz CT molecular complexity index is 5080. The first-order valence-electron chi connectivity index (χ1n) is 30.6. The molecule has 14 aromatic rings. The van der Waals surface area contributed by atoms with E-state index in [9.17, 15) is 5.48 Å². The molecular weight excluding hydrogens is 955 g/mol. The summed E-state index contributed by atoms with van der Waals surface area (Å²) < 4.78 is 106. The van der Waals surface area contributed by atoms with Gasteiger partial charge in [0, 0.05) is 39.3 Å². The van der Waals surface area contributed by atoms with E-state index >= 15 is 0 Å². The van der Waals surface area contributed by atoms with Crippen molar-refractivity contribution in [2.45, 2.75) is 26.2 Å². The number of imidazole rings is 1. The fraction of sp³-hybridized carbons (Fsp3) is 0.0571. The fourth-order valence-corrected chi connectivity index (χ4v) is 17.0. The van der Waals surface area contributed by atoms with E-state index in [0.717, 1.165) is 70.6 Å². The average Bonchev–Trinajstić information content (AvgIpc) is 1.56. The predicted molar refractivity (Wildman–Crippen MR) is 318 cm³/mol. The highest BCUT2D eigenvalue weighted by atomic mass is 28.3. The number of hydrogen-bond acceptors (Lipinski definition) is 2. The number of nitrogens with zero attached hydrogens (tertiary/aromatic N) is 5. The lowest BCUT2D eigenvalue weighted by atomic mass is 9.88. The van der Waals surface area contributed by atoms with E-state index in [-0.39, 0.29) is 33.4 Å². The van der Waals surface area contributed by atoms with Gasteiger partial charge in [0.25, 0.3) is 14.6 Å². The molecule has 1 aliphatic rings. The van der Waals surface area contributed by atoms with Gasteiger partial charge in [-0.05, 0) is 97.3 Å². The maximum absolute atomic E-state index is 9.40. The Morgan fingerprint density at radius 3 is 1.79 bits per heavy atom. The molecule has 77 heavy (non-hydrogen) atoms. The summed E-state index contributed by atoms with van der Waals surface area (Å²) in [5, 5.41) is 7.23. The Labute approximate surface area is 461 Å². The van der Waals surface area contributed by atoms with E-state index in [1.165, 1.54) is 0 Å². The van der Waals surface area contributed by atoms with Crippen LogP contribution in [0, 0.1) is 6.33 Å². The van der Waals surface area contributed by atoms with Crippen LogP contribution >= 0.6 is 0 Å². The molecule has 15 rings (SSSR count). The molecule has 7 heteroatoms. The normalized spacial score (nSPS) is 14.8. The van der Waals surface area contributed by atoms with Crippen LogP contribution in [0.1, 0.15) is 40.0 Å². The Morgan fingerprint density at radius 1 is 0.532 bits per heavy atom. The zero-order valence-electron chi connectivity index (χ0n) is 52.1. The highest BCUT2D eigenvalue weighted by Gasteiger charge is 2.48. The summed E-state index contributed by atoms with van der Waals surface area (Å²) in [5.74, 6) is 1.87. The molecule has 0 radical (unpaired) electrons. The van der Waals surface area contributed by atoms with E-state index in [0.29, 0.717) is 28.2 Å². The summed E-state index contributed by atoms with van der Waals surface area (Å²) in [4.78, 5) is 4.93. The molecule has 0 unspecified atom stereocenters. The molecule has 0 saturated heterocycles. The molecule has 0 aliphatic carbocycles. The molecule has 0 N–H and O–H groups in total. The highest BCUT2D eigenvalue weighted by molar-refractivity contribution is 7.11. The first-order valence-corrected chi connectivity index (χ1v) is 27.6. The number of fused-ring (bicyclic) bond motifs is 8. The third-order valence-electron chi connectivity index (χ3n) is 15.3. The Balaban J connectivity index is 1.07. The van der Waals surface area contributed by atoms with Crippen molar-refractivity contribution < 1.29 is 23.0 Å². The monoisotopic (exact) mass is 1020 g/mol. The lowest BCUT2D eigenvalue weighted by Crippen LogP contribution is -2.72. The van der Waals surface area contributed by atoms with Gasteiger partial charge in [-0.1, -0.05) is 215 Å². The Hall–Kier alpha value is -9.56. The van der Waals surface area contributed by atoms with E-state index in [1.807, 2.05) is 65.4 Å². The number of ether oxygens (including phenoxy) is 1. The van der Waals surface area contributed by atoms with Gasteiger partial charge >= 0.3 is 0 Å². The molecular formula is C70H51N5OSi. The zero-order chi connectivity index (χ0) is 60.1. The number of hydrogen-bond donors (Lipinski definition) is 0. The quantitative estimate of drug-likeness (QED) is 0.0864. The number of pyridine rings is 1. The topological polar surface area (TPSA) is 40.8 Å². The smallest absolute Gasteiger partial charge is 0.269 e. The Kier molecular flexibility index (Phi) is 7.97. The Morgan fingerprint density at radius 2 is 1.12 bits per heavy atom. The van der Waals surface area contributed by atoms with Gasteiger partial charge in [0.15, 0.2) is 0 Å². The maximum atomic E-state index is 9.40. The van der Waals surface area contributed by atoms with Crippen molar-refractivity contribution in [1.82, 2.24) is 18.4 Å². The summed E-state index contributed by atoms with van der Waals surface area (Å²) >= 11 is 0. The van der Waals surface area contributed by atoms with E-state index in [2.05, 4.69) is 151 Å². The molecule has 0 amide bonds. The minimum Gasteiger partial charge on any atom is -0.458 e. The van der Waals surface area contributed by atoms with Crippen molar-refractivity contribution in [3.05, 3.63) is 267 Å². The lowest BCUT2D eigenvalue weighted by molar-refractivity contribution is -0.571. The van der Waals surface area contributed by atoms with Crippen LogP contribution in [-0.2, 0) is 5.41 Å². The van der Waals surface area contributed by atoms with Crippen LogP contribution < -0.4 is 24.9 Å². The van der Waals surface area contributed by atoms with Gasteiger partial charge in [-0.3, -0.25) is 13.7 Å². The average molecular weight is 1020 g/mol. The van der Waals surface area contributed by atoms with Crippen LogP contribution in [0.3, 0.4) is 0 Å². The number of para-hydroxylation sites is 3. The van der Waals surface area contributed by atoms with Gasteiger partial charge in [-0.2, -0.15) is 0 Å². The standard InChI is InChI=1S/C70H51N5OSi/c1-70(2,3)49-41-42-71-66(43-49)74-60-33-18-16-29-56(60)58-37-35-50(44-63(58)74)76-51-36-40-65-64(45-51)73-46-72(67-54(47-21-8-4-9-22-47)31-20-32-55(67)48-23-10-5-11-24-48)62-39-38-59-57-30-17-19-34-61(57)75(68(59)69(62)73)77(65,52-25-12-6-13-26-52)53-27-14-7-15-28-53/h4-45H,1-3H3/i4D,5D,8D,9D,10D,11D,21D,22D,23D,24D. The van der Waals surface area contributed by atoms with Crippen LogP contribution in [0.15, 0.2) is 255 Å². The minimum atomic E-state index is -3.60. The molecule has 0 atom stereocenters. The largest absolute Gasteiger partial charge is 0.458 e. The van der Waals surface area contributed by atoms with Crippen molar-refractivity contribution >= 4 is 78.4 Å². The van der Waals surface area contributed by atoms with Crippen molar-refractivity contribution in [3.63, 3.8) is 0 Å². The molecule has 0 fully saturated rings. The molecule has 366 valence electrons. The van der Waals surface area contributed by atoms with Crippen LogP contribution in [0.4, 0.5) is 0 Å². The number of rotatable bonds is 8. The van der Waals surface area contributed by atoms with E-state index in [4.69, 9.17) is 17.9 Å². The molecule has 4 aromatic heterocycles. The highest BCUT2D eigenvalue weighted by Crippen LogP contribution is 2.43. The lowest BCUT2D eigenvalue weighted by Gasteiger charge is -2.37. The third-order valence-corrected chi connectivity index (χ3v) is 20.0. The second-order valence-electron chi connectivity index (χ2n) is 20.6. The first-order chi connectivity index (χ1) is 42.0. The van der Waals surface area contributed by atoms with Crippen LogP contribution in [0.5, 0.6) is 11.5 Å². The van der Waals surface area contributed by atoms with Crippen LogP contribution in [0.2, 0.25) is 0 Å². The summed E-state index contributed by atoms with van der Waals surface area (Å²) in [6.07, 6.45) is 5.66.